The summed E-state index contributed by atoms with van der Waals surface area (Å²) >= 11 is 0. The van der Waals surface area contributed by atoms with Crippen LogP contribution in [0.1, 0.15) is 27.0 Å². The Morgan fingerprint density at radius 2 is 0.778 bits per heavy atom. The quantitative estimate of drug-likeness (QED) is 0.128. The predicted molar refractivity (Wildman–Crippen MR) is 217 cm³/mol. The number of hydrogen-bond donors (Lipinski definition) is 0. The number of hydrogen-bond acceptors (Lipinski definition) is 5. The van der Waals surface area contributed by atoms with Crippen molar-refractivity contribution in [3.8, 4) is 34.4 Å². The van der Waals surface area contributed by atoms with Gasteiger partial charge in [-0.2, -0.15) is 10.5 Å². The number of benzene rings is 7. The molecule has 9 rings (SSSR count). The lowest BCUT2D eigenvalue weighted by Crippen LogP contribution is -2.25. The molecule has 0 radical (unpaired) electrons. The Morgan fingerprint density at radius 3 is 1.22 bits per heavy atom. The highest BCUT2D eigenvalue weighted by Gasteiger charge is 2.40. The molecular formula is C47H28N2O3P2. The van der Waals surface area contributed by atoms with Crippen LogP contribution in [0.3, 0.4) is 0 Å². The van der Waals surface area contributed by atoms with Gasteiger partial charge in [0.1, 0.15) is 17.7 Å². The third kappa shape index (κ3) is 4.81. The van der Waals surface area contributed by atoms with E-state index in [-0.39, 0.29) is 11.4 Å². The third-order valence-electron chi connectivity index (χ3n) is 10.5. The second kappa shape index (κ2) is 12.8. The molecule has 0 fully saturated rings. The Balaban J connectivity index is 1.29. The highest BCUT2D eigenvalue weighted by molar-refractivity contribution is 7.85. The fraction of sp³-hybridized carbons (Fsp3) is 0. The van der Waals surface area contributed by atoms with Gasteiger partial charge in [-0.25, -0.2) is 0 Å². The summed E-state index contributed by atoms with van der Waals surface area (Å²) in [6.07, 6.45) is 0. The van der Waals surface area contributed by atoms with E-state index in [1.165, 1.54) is 0 Å². The van der Waals surface area contributed by atoms with Crippen molar-refractivity contribution in [3.05, 3.63) is 198 Å². The van der Waals surface area contributed by atoms with Crippen LogP contribution in [-0.4, -0.2) is 5.78 Å². The van der Waals surface area contributed by atoms with Gasteiger partial charge in [-0.1, -0.05) is 152 Å². The number of ketones is 1. The van der Waals surface area contributed by atoms with Gasteiger partial charge in [-0.05, 0) is 46.0 Å². The summed E-state index contributed by atoms with van der Waals surface area (Å²) < 4.78 is 30.8. The van der Waals surface area contributed by atoms with Crippen LogP contribution in [0.5, 0.6) is 0 Å². The van der Waals surface area contributed by atoms with E-state index in [4.69, 9.17) is 0 Å². The molecule has 0 heterocycles. The van der Waals surface area contributed by atoms with Crippen molar-refractivity contribution in [1.82, 2.24) is 0 Å². The molecule has 0 unspecified atom stereocenters. The molecule has 0 aromatic heterocycles. The molecule has 0 saturated heterocycles. The largest absolute Gasteiger partial charge is 0.309 e. The molecule has 54 heavy (non-hydrogen) atoms. The van der Waals surface area contributed by atoms with Crippen LogP contribution < -0.4 is 31.8 Å². The molecular weight excluding hydrogens is 702 g/mol. The smallest absolute Gasteiger partial charge is 0.194 e. The van der Waals surface area contributed by atoms with Crippen LogP contribution in [0.4, 0.5) is 0 Å². The number of fused-ring (bicyclic) bond motifs is 7. The van der Waals surface area contributed by atoms with Crippen molar-refractivity contribution in [2.75, 3.05) is 0 Å². The second-order valence-electron chi connectivity index (χ2n) is 13.2. The molecule has 0 atom stereocenters. The molecule has 0 saturated carbocycles. The van der Waals surface area contributed by atoms with Gasteiger partial charge in [0.2, 0.25) is 0 Å². The summed E-state index contributed by atoms with van der Waals surface area (Å²) in [5.41, 5.74) is 5.05. The normalized spacial score (nSPS) is 12.6. The minimum atomic E-state index is -3.42. The Hall–Kier alpha value is -6.61. The molecule has 2 aliphatic carbocycles. The Labute approximate surface area is 312 Å². The molecule has 0 N–H and O–H groups in total. The third-order valence-corrected chi connectivity index (χ3v) is 16.6. The van der Waals surface area contributed by atoms with Crippen LogP contribution in [0, 0.1) is 22.7 Å². The zero-order valence-corrected chi connectivity index (χ0v) is 30.5. The minimum absolute atomic E-state index is 0.0751. The summed E-state index contributed by atoms with van der Waals surface area (Å²) in [5, 5.41) is 24.1. The highest BCUT2D eigenvalue weighted by Crippen LogP contribution is 2.54. The second-order valence-corrected chi connectivity index (χ2v) is 18.8. The Bertz CT molecular complexity index is 2810. The van der Waals surface area contributed by atoms with E-state index < -0.39 is 14.3 Å². The number of carbonyl (C=O) groups excluding carboxylic acids is 1. The molecule has 0 bridgehead atoms. The molecule has 2 aliphatic rings. The first-order chi connectivity index (χ1) is 26.4. The van der Waals surface area contributed by atoms with Gasteiger partial charge in [-0.15, -0.1) is 0 Å². The summed E-state index contributed by atoms with van der Waals surface area (Å²) in [6, 6.07) is 56.3. The summed E-state index contributed by atoms with van der Waals surface area (Å²) in [6.45, 7) is 0. The van der Waals surface area contributed by atoms with E-state index >= 15 is 9.13 Å². The minimum Gasteiger partial charge on any atom is -0.309 e. The lowest BCUT2D eigenvalue weighted by atomic mass is 9.93. The van der Waals surface area contributed by atoms with E-state index in [0.29, 0.717) is 81.9 Å². The fourth-order valence-corrected chi connectivity index (χ4v) is 13.3. The van der Waals surface area contributed by atoms with E-state index in [9.17, 15) is 15.3 Å². The van der Waals surface area contributed by atoms with Crippen LogP contribution in [0.2, 0.25) is 0 Å². The van der Waals surface area contributed by atoms with Crippen molar-refractivity contribution >= 4 is 57.5 Å². The van der Waals surface area contributed by atoms with Crippen LogP contribution in [0.25, 0.3) is 27.8 Å². The average molecular weight is 731 g/mol. The maximum absolute atomic E-state index is 15.5. The zero-order chi connectivity index (χ0) is 37.0. The number of rotatable bonds is 6. The highest BCUT2D eigenvalue weighted by atomic mass is 31.2. The van der Waals surface area contributed by atoms with E-state index in [0.717, 1.165) is 0 Å². The first-order valence-corrected chi connectivity index (χ1v) is 20.8. The van der Waals surface area contributed by atoms with E-state index in [2.05, 4.69) is 12.1 Å². The van der Waals surface area contributed by atoms with Crippen molar-refractivity contribution < 1.29 is 13.9 Å². The number of nitriles is 2. The molecule has 0 amide bonds. The lowest BCUT2D eigenvalue weighted by molar-refractivity contribution is 0.104. The molecule has 7 aromatic carbocycles. The average Bonchev–Trinajstić information content (AvgIpc) is 3.72. The number of allylic oxidation sites excluding steroid dienone is 1. The first kappa shape index (κ1) is 33.2. The molecule has 0 spiro atoms. The molecule has 254 valence electrons. The zero-order valence-electron chi connectivity index (χ0n) is 28.7. The monoisotopic (exact) mass is 730 g/mol. The molecule has 5 nitrogen and oxygen atoms in total. The number of carbonyl (C=O) groups is 1. The van der Waals surface area contributed by atoms with Crippen LogP contribution in [0.15, 0.2) is 175 Å². The van der Waals surface area contributed by atoms with Crippen molar-refractivity contribution in [2.45, 2.75) is 0 Å². The summed E-state index contributed by atoms with van der Waals surface area (Å²) in [5.74, 6) is -0.208. The van der Waals surface area contributed by atoms with Crippen molar-refractivity contribution in [3.63, 3.8) is 0 Å². The first-order valence-electron chi connectivity index (χ1n) is 17.4. The number of nitrogens with zero attached hydrogens (tertiary/aromatic N) is 2. The van der Waals surface area contributed by atoms with Gasteiger partial charge in [-0.3, -0.25) is 4.79 Å². The van der Waals surface area contributed by atoms with Gasteiger partial charge in [0, 0.05) is 54.1 Å². The molecule has 7 heteroatoms. The van der Waals surface area contributed by atoms with Gasteiger partial charge in [0.15, 0.2) is 20.1 Å². The summed E-state index contributed by atoms with van der Waals surface area (Å²) in [4.78, 5) is 14.6. The van der Waals surface area contributed by atoms with Gasteiger partial charge >= 0.3 is 0 Å². The lowest BCUT2D eigenvalue weighted by Gasteiger charge is -2.21. The van der Waals surface area contributed by atoms with Gasteiger partial charge < -0.3 is 9.13 Å². The predicted octanol–water partition coefficient (Wildman–Crippen LogP) is 8.01. The topological polar surface area (TPSA) is 98.8 Å². The van der Waals surface area contributed by atoms with Gasteiger partial charge in [0.25, 0.3) is 0 Å². The standard InChI is InChI=1S/C47H28N2O3P2/c48-29-31(30-49)44-39-23-21-37(54(52,34-17-9-3-10-18-34)35-19-11-4-12-20-35)28-43(39)45-41(44)26-25-38-42-27-36(22-24-40(42)47(50)46(38)45)53(51,32-13-5-1-6-14-32)33-15-7-2-8-16-33/h1-28H. The van der Waals surface area contributed by atoms with Crippen molar-refractivity contribution in [2.24, 2.45) is 0 Å². The molecule has 7 aromatic rings. The SMILES string of the molecule is N#CC(C#N)=C1c2ccc(P(=O)(c3ccccc3)c3ccccc3)cc2-c2c1ccc1c2C(=O)c2ccc(P(=O)(c3ccccc3)c3ccccc3)cc2-1. The fourth-order valence-electron chi connectivity index (χ4n) is 7.98. The van der Waals surface area contributed by atoms with Gasteiger partial charge in [0.05, 0.1) is 0 Å². The Kier molecular flexibility index (Phi) is 7.88. The molecule has 0 aliphatic heterocycles. The van der Waals surface area contributed by atoms with Crippen LogP contribution in [-0.2, 0) is 9.13 Å². The van der Waals surface area contributed by atoms with Crippen LogP contribution >= 0.6 is 14.3 Å². The maximum atomic E-state index is 15.5. The maximum Gasteiger partial charge on any atom is 0.194 e. The van der Waals surface area contributed by atoms with E-state index in [1.54, 1.807) is 12.1 Å². The summed E-state index contributed by atoms with van der Waals surface area (Å²) in [7, 11) is -6.76. The van der Waals surface area contributed by atoms with E-state index in [1.807, 2.05) is 158 Å². The van der Waals surface area contributed by atoms with Crippen molar-refractivity contribution in [1.29, 1.82) is 10.5 Å². The Morgan fingerprint density at radius 1 is 0.389 bits per heavy atom.